The number of carbonyl (C=O) groups is 3. The van der Waals surface area contributed by atoms with Crippen LogP contribution in [0.5, 0.6) is 11.5 Å². The van der Waals surface area contributed by atoms with Gasteiger partial charge in [0.15, 0.2) is 10.3 Å². The average Bonchev–Trinajstić information content (AvgIpc) is 2.99. The zero-order valence-electron chi connectivity index (χ0n) is 25.2. The molecule has 1 aromatic carbocycles. The van der Waals surface area contributed by atoms with Gasteiger partial charge in [-0.25, -0.2) is 4.79 Å². The van der Waals surface area contributed by atoms with Gasteiger partial charge in [-0.3, -0.25) is 9.59 Å². The first-order valence-corrected chi connectivity index (χ1v) is 14.6. The molecule has 0 aromatic heterocycles. The van der Waals surface area contributed by atoms with Gasteiger partial charge in [-0.2, -0.15) is 0 Å². The van der Waals surface area contributed by atoms with Crippen LogP contribution >= 0.6 is 11.6 Å². The van der Waals surface area contributed by atoms with E-state index in [2.05, 4.69) is 6.92 Å². The molecule has 1 aromatic rings. The second-order valence-corrected chi connectivity index (χ2v) is 12.0. The largest absolute Gasteiger partial charge is 0.499 e. The molecule has 2 heterocycles. The van der Waals surface area contributed by atoms with Crippen molar-refractivity contribution in [2.75, 3.05) is 28.4 Å². The first-order chi connectivity index (χ1) is 20.4. The molecule has 0 radical (unpaired) electrons. The van der Waals surface area contributed by atoms with Gasteiger partial charge in [0.2, 0.25) is 0 Å². The molecule has 11 nitrogen and oxygen atoms in total. The highest BCUT2D eigenvalue weighted by molar-refractivity contribution is 6.30. The van der Waals surface area contributed by atoms with Crippen LogP contribution in [0.2, 0.25) is 0 Å². The van der Waals surface area contributed by atoms with Crippen molar-refractivity contribution in [3.8, 4) is 11.5 Å². The monoisotopic (exact) mass is 620 g/mol. The van der Waals surface area contributed by atoms with Crippen LogP contribution < -0.4 is 9.47 Å². The number of methoxy groups -OCH3 is 4. The van der Waals surface area contributed by atoms with Gasteiger partial charge in [0.05, 0.1) is 34.7 Å². The molecule has 43 heavy (non-hydrogen) atoms. The molecule has 5 aliphatic rings. The number of carbonyl (C=O) groups excluding carboxylic acids is 3. The van der Waals surface area contributed by atoms with Crippen LogP contribution in [0.3, 0.4) is 0 Å². The van der Waals surface area contributed by atoms with E-state index in [0.29, 0.717) is 24.0 Å². The van der Waals surface area contributed by atoms with Gasteiger partial charge in [-0.15, -0.1) is 11.6 Å². The van der Waals surface area contributed by atoms with E-state index in [0.717, 1.165) is 32.8 Å². The van der Waals surface area contributed by atoms with Crippen molar-refractivity contribution in [2.24, 2.45) is 10.8 Å². The molecule has 234 valence electrons. The van der Waals surface area contributed by atoms with Gasteiger partial charge in [0, 0.05) is 0 Å². The molecule has 1 N–H and O–H groups in total. The molecule has 1 fully saturated rings. The van der Waals surface area contributed by atoms with Crippen LogP contribution in [0.1, 0.15) is 67.8 Å². The Morgan fingerprint density at radius 2 is 1.70 bits per heavy atom. The highest BCUT2D eigenvalue weighted by Crippen LogP contribution is 2.76. The number of aliphatic hydroxyl groups is 1. The van der Waals surface area contributed by atoms with Gasteiger partial charge < -0.3 is 38.3 Å². The maximum absolute atomic E-state index is 14.1. The maximum atomic E-state index is 14.1. The summed E-state index contributed by atoms with van der Waals surface area (Å²) in [5, 5.41) is 12.8. The average molecular weight is 621 g/mol. The molecular weight excluding hydrogens is 584 g/mol. The van der Waals surface area contributed by atoms with Crippen molar-refractivity contribution >= 4 is 29.5 Å². The number of fused-ring (bicyclic) bond motifs is 1. The lowest BCUT2D eigenvalue weighted by atomic mass is 9.43. The van der Waals surface area contributed by atoms with Crippen molar-refractivity contribution in [1.82, 2.24) is 0 Å². The molecule has 2 aliphatic heterocycles. The predicted molar refractivity (Wildman–Crippen MR) is 151 cm³/mol. The van der Waals surface area contributed by atoms with Crippen molar-refractivity contribution in [2.45, 2.75) is 75.2 Å². The molecular formula is C31H37ClO11. The summed E-state index contributed by atoms with van der Waals surface area (Å²) < 4.78 is 40.1. The fourth-order valence-corrected chi connectivity index (χ4v) is 7.84. The van der Waals surface area contributed by atoms with Crippen LogP contribution in [-0.2, 0) is 33.3 Å². The SMILES string of the molecule is CCCCCCCC1=CO[C@]2(O)C3(OC(=O)c4c(OC)cc(C)cc4O3)C3(C(=O)OC)C=C(OC)[C@@]2(Cl)C1(C(=O)OC)C3. The molecule has 1 saturated carbocycles. The fourth-order valence-electron chi connectivity index (χ4n) is 7.27. The zero-order chi connectivity index (χ0) is 31.4. The van der Waals surface area contributed by atoms with Gasteiger partial charge in [0.25, 0.3) is 0 Å². The van der Waals surface area contributed by atoms with Crippen LogP contribution in [0, 0.1) is 17.8 Å². The molecule has 1 spiro atoms. The summed E-state index contributed by atoms with van der Waals surface area (Å²) in [6.07, 6.45) is 7.03. The number of esters is 3. The third-order valence-electron chi connectivity index (χ3n) is 9.25. The van der Waals surface area contributed by atoms with Gasteiger partial charge >= 0.3 is 29.5 Å². The minimum atomic E-state index is -2.92. The van der Waals surface area contributed by atoms with Gasteiger partial charge in [-0.1, -0.05) is 32.6 Å². The molecule has 0 saturated heterocycles. The van der Waals surface area contributed by atoms with Crippen molar-refractivity contribution in [1.29, 1.82) is 0 Å². The molecule has 3 unspecified atom stereocenters. The van der Waals surface area contributed by atoms with Crippen LogP contribution in [0.15, 0.2) is 35.8 Å². The Balaban J connectivity index is 1.80. The number of halogens is 1. The standard InChI is InChI=1S/C31H37ClO11/c1-7-8-9-10-11-12-19-16-41-30(36)29(32)22(38-4)15-27(25(34)39-5,17-28(19,29)26(35)40-6)31(30)42-21-14-18(2)13-20(37-3)23(21)24(33)43-31/h13-16,36H,7-12,17H2,1-6H3/t27?,28?,29-,30+,31?/m1/s1. The summed E-state index contributed by atoms with van der Waals surface area (Å²) in [6.45, 7) is 3.86. The van der Waals surface area contributed by atoms with E-state index in [4.69, 9.17) is 44.8 Å². The number of hydrogen-bond acceptors (Lipinski definition) is 11. The Bertz CT molecular complexity index is 1420. The minimum absolute atomic E-state index is 0.0528. The first kappa shape index (κ1) is 31.0. The van der Waals surface area contributed by atoms with Gasteiger partial charge in [-0.05, 0) is 55.5 Å². The molecule has 6 rings (SSSR count). The smallest absolute Gasteiger partial charge is 0.349 e. The Kier molecular flexibility index (Phi) is 7.66. The van der Waals surface area contributed by atoms with Crippen molar-refractivity contribution in [3.05, 3.63) is 46.9 Å². The number of unbranched alkanes of at least 4 members (excludes halogenated alkanes) is 4. The third-order valence-corrected chi connectivity index (χ3v) is 10.0. The second kappa shape index (κ2) is 10.6. The molecule has 4 bridgehead atoms. The highest BCUT2D eigenvalue weighted by atomic mass is 35.5. The quantitative estimate of drug-likeness (QED) is 0.172. The second-order valence-electron chi connectivity index (χ2n) is 11.4. The Morgan fingerprint density at radius 3 is 2.33 bits per heavy atom. The third kappa shape index (κ3) is 3.67. The van der Waals surface area contributed by atoms with Crippen molar-refractivity contribution < 1.29 is 52.6 Å². The van der Waals surface area contributed by atoms with Crippen LogP contribution in [0.4, 0.5) is 0 Å². The summed E-state index contributed by atoms with van der Waals surface area (Å²) in [4.78, 5) is 39.6. The first-order valence-electron chi connectivity index (χ1n) is 14.3. The summed E-state index contributed by atoms with van der Waals surface area (Å²) >= 11 is 7.50. The number of aryl methyl sites for hydroxylation is 1. The number of hydrogen-bond donors (Lipinski definition) is 1. The van der Waals surface area contributed by atoms with E-state index in [1.54, 1.807) is 13.0 Å². The lowest BCUT2D eigenvalue weighted by Gasteiger charge is -2.69. The predicted octanol–water partition coefficient (Wildman–Crippen LogP) is 4.46. The minimum Gasteiger partial charge on any atom is -0.499 e. The lowest BCUT2D eigenvalue weighted by Crippen LogP contribution is -2.89. The van der Waals surface area contributed by atoms with E-state index in [9.17, 15) is 19.5 Å². The summed E-state index contributed by atoms with van der Waals surface area (Å²) in [5.41, 5.74) is -3.16. The molecule has 0 amide bonds. The van der Waals surface area contributed by atoms with E-state index in [1.807, 2.05) is 0 Å². The Labute approximate surface area is 255 Å². The summed E-state index contributed by atoms with van der Waals surface area (Å²) in [7, 11) is 4.98. The lowest BCUT2D eigenvalue weighted by molar-refractivity contribution is -0.421. The van der Waals surface area contributed by atoms with Crippen LogP contribution in [-0.4, -0.2) is 67.9 Å². The van der Waals surface area contributed by atoms with Gasteiger partial charge in [0.1, 0.15) is 28.2 Å². The number of benzene rings is 1. The van der Waals surface area contributed by atoms with E-state index >= 15 is 0 Å². The maximum Gasteiger partial charge on any atom is 0.349 e. The molecule has 3 aliphatic carbocycles. The number of alkyl halides is 1. The molecule has 12 heteroatoms. The van der Waals surface area contributed by atoms with E-state index < -0.39 is 51.6 Å². The highest BCUT2D eigenvalue weighted by Gasteiger charge is 2.95. The Hall–Kier alpha value is -3.44. The molecule has 5 atom stereocenters. The fraction of sp³-hybridized carbons (Fsp3) is 0.581. The van der Waals surface area contributed by atoms with E-state index in [1.165, 1.54) is 39.7 Å². The zero-order valence-corrected chi connectivity index (χ0v) is 25.9. The number of ether oxygens (including phenoxy) is 7. The normalized spacial score (nSPS) is 33.3. The van der Waals surface area contributed by atoms with E-state index in [-0.39, 0.29) is 22.8 Å². The van der Waals surface area contributed by atoms with Crippen LogP contribution in [0.25, 0.3) is 0 Å². The summed E-state index contributed by atoms with van der Waals surface area (Å²) in [6, 6.07) is 3.15. The topological polar surface area (TPSA) is 136 Å². The summed E-state index contributed by atoms with van der Waals surface area (Å²) in [5.74, 6) is -8.48. The van der Waals surface area contributed by atoms with Crippen molar-refractivity contribution in [3.63, 3.8) is 0 Å². The Morgan fingerprint density at radius 1 is 1.00 bits per heavy atom. The number of rotatable bonds is 10.